The van der Waals surface area contributed by atoms with Gasteiger partial charge in [0, 0.05) is 42.8 Å². The normalized spacial score (nSPS) is 18.2. The first-order valence-electron chi connectivity index (χ1n) is 8.91. The molecule has 7 heteroatoms. The first-order chi connectivity index (χ1) is 12.6. The van der Waals surface area contributed by atoms with Crippen LogP contribution in [-0.4, -0.2) is 36.6 Å². The van der Waals surface area contributed by atoms with E-state index in [1.165, 1.54) is 17.0 Å². The van der Waals surface area contributed by atoms with Crippen molar-refractivity contribution in [3.05, 3.63) is 50.9 Å². The monoisotopic (exact) mass is 393 g/mol. The van der Waals surface area contributed by atoms with Gasteiger partial charge in [-0.25, -0.2) is 9.18 Å². The Bertz CT molecular complexity index is 804. The number of hydrogen-bond acceptors (Lipinski definition) is 3. The average Bonchev–Trinajstić information content (AvgIpc) is 3.22. The molecule has 1 aromatic heterocycles. The zero-order valence-corrected chi connectivity index (χ0v) is 16.0. The van der Waals surface area contributed by atoms with Crippen LogP contribution in [0.15, 0.2) is 30.3 Å². The molecule has 2 aromatic rings. The van der Waals surface area contributed by atoms with Gasteiger partial charge in [0.2, 0.25) is 0 Å². The van der Waals surface area contributed by atoms with Crippen molar-refractivity contribution in [2.45, 2.75) is 31.8 Å². The lowest BCUT2D eigenvalue weighted by Crippen LogP contribution is -2.48. The molecule has 0 saturated carbocycles. The summed E-state index contributed by atoms with van der Waals surface area (Å²) < 4.78 is 14.2. The summed E-state index contributed by atoms with van der Waals surface area (Å²) in [5, 5.41) is 3.15. The zero-order valence-electron chi connectivity index (χ0n) is 14.4. The van der Waals surface area contributed by atoms with Gasteiger partial charge >= 0.3 is 6.03 Å². The summed E-state index contributed by atoms with van der Waals surface area (Å²) in [6.45, 7) is 3.45. The van der Waals surface area contributed by atoms with Crippen LogP contribution in [0.5, 0.6) is 0 Å². The van der Waals surface area contributed by atoms with Crippen molar-refractivity contribution < 1.29 is 9.18 Å². The molecule has 2 aliphatic rings. The number of fused-ring (bicyclic) bond motifs is 1. The Hall–Kier alpha value is -1.63. The van der Waals surface area contributed by atoms with Gasteiger partial charge in [-0.2, -0.15) is 0 Å². The van der Waals surface area contributed by atoms with Crippen LogP contribution >= 0.6 is 22.9 Å². The second kappa shape index (κ2) is 7.55. The number of rotatable bonds is 3. The van der Waals surface area contributed by atoms with Crippen molar-refractivity contribution in [3.8, 4) is 0 Å². The predicted molar refractivity (Wildman–Crippen MR) is 104 cm³/mol. The number of carbonyl (C=O) groups is 1. The van der Waals surface area contributed by atoms with Gasteiger partial charge in [-0.1, -0.05) is 11.6 Å². The number of nitrogens with zero attached hydrogens (tertiary/aromatic N) is 2. The number of amides is 2. The number of anilines is 1. The van der Waals surface area contributed by atoms with Crippen molar-refractivity contribution in [3.63, 3.8) is 0 Å². The van der Waals surface area contributed by atoms with Gasteiger partial charge in [-0.3, -0.25) is 9.80 Å². The number of nitrogens with one attached hydrogen (secondary N) is 1. The highest BCUT2D eigenvalue weighted by molar-refractivity contribution is 7.16. The minimum absolute atomic E-state index is 0.0705. The van der Waals surface area contributed by atoms with E-state index in [0.717, 1.165) is 48.1 Å². The van der Waals surface area contributed by atoms with E-state index in [2.05, 4.69) is 16.3 Å². The van der Waals surface area contributed by atoms with E-state index in [9.17, 15) is 9.18 Å². The average molecular weight is 394 g/mol. The molecule has 2 aliphatic heterocycles. The van der Waals surface area contributed by atoms with E-state index in [-0.39, 0.29) is 17.9 Å². The van der Waals surface area contributed by atoms with Crippen LogP contribution in [0.3, 0.4) is 0 Å². The van der Waals surface area contributed by atoms with Gasteiger partial charge in [-0.15, -0.1) is 11.3 Å². The molecule has 1 N–H and O–H groups in total. The first kappa shape index (κ1) is 17.8. The second-order valence-electron chi connectivity index (χ2n) is 6.88. The molecule has 4 rings (SSSR count). The summed E-state index contributed by atoms with van der Waals surface area (Å²) in [5.41, 5.74) is 1.74. The lowest BCUT2D eigenvalue weighted by atomic mass is 10.1. The SMILES string of the molecule is O=C(NC1CCN(Cc2ccc(Cl)s2)CC1)N1CCc2cc(F)ccc21. The molecule has 2 amide bonds. The number of benzene rings is 1. The Morgan fingerprint density at radius 1 is 1.23 bits per heavy atom. The van der Waals surface area contributed by atoms with Gasteiger partial charge in [0.1, 0.15) is 5.82 Å². The van der Waals surface area contributed by atoms with Crippen LogP contribution in [0.25, 0.3) is 0 Å². The third-order valence-corrected chi connectivity index (χ3v) is 6.32. The number of hydrogen-bond donors (Lipinski definition) is 1. The summed E-state index contributed by atoms with van der Waals surface area (Å²) >= 11 is 7.62. The molecule has 0 aliphatic carbocycles. The molecule has 0 radical (unpaired) electrons. The van der Waals surface area contributed by atoms with Crippen LogP contribution in [0.4, 0.5) is 14.9 Å². The van der Waals surface area contributed by atoms with Crippen molar-refractivity contribution >= 4 is 34.7 Å². The highest BCUT2D eigenvalue weighted by Crippen LogP contribution is 2.29. The van der Waals surface area contributed by atoms with E-state index >= 15 is 0 Å². The van der Waals surface area contributed by atoms with Crippen LogP contribution in [0.2, 0.25) is 4.34 Å². The number of likely N-dealkylation sites (tertiary alicyclic amines) is 1. The molecule has 1 aromatic carbocycles. The Morgan fingerprint density at radius 3 is 2.77 bits per heavy atom. The van der Waals surface area contributed by atoms with E-state index in [4.69, 9.17) is 11.6 Å². The summed E-state index contributed by atoms with van der Waals surface area (Å²) in [6.07, 6.45) is 2.59. The summed E-state index contributed by atoms with van der Waals surface area (Å²) in [5.74, 6) is -0.245. The maximum Gasteiger partial charge on any atom is 0.322 e. The molecule has 0 atom stereocenters. The highest BCUT2D eigenvalue weighted by Gasteiger charge is 2.28. The first-order valence-corrected chi connectivity index (χ1v) is 10.1. The smallest absolute Gasteiger partial charge is 0.322 e. The minimum atomic E-state index is -0.245. The summed E-state index contributed by atoms with van der Waals surface area (Å²) in [4.78, 5) is 18.0. The molecule has 0 bridgehead atoms. The van der Waals surface area contributed by atoms with Crippen molar-refractivity contribution in [2.75, 3.05) is 24.5 Å². The van der Waals surface area contributed by atoms with Gasteiger partial charge < -0.3 is 5.32 Å². The van der Waals surface area contributed by atoms with Crippen LogP contribution in [0.1, 0.15) is 23.3 Å². The summed E-state index contributed by atoms with van der Waals surface area (Å²) in [7, 11) is 0. The third kappa shape index (κ3) is 3.87. The molecule has 26 heavy (non-hydrogen) atoms. The minimum Gasteiger partial charge on any atom is -0.335 e. The lowest BCUT2D eigenvalue weighted by molar-refractivity contribution is 0.189. The molecule has 1 saturated heterocycles. The lowest BCUT2D eigenvalue weighted by Gasteiger charge is -2.33. The standard InChI is InChI=1S/C19H21ClFN3OS/c20-18-4-2-16(26-18)12-23-8-6-15(7-9-23)22-19(25)24-10-5-13-11-14(21)1-3-17(13)24/h1-4,11,15H,5-10,12H2,(H,22,25). The Labute approximate surface area is 161 Å². The zero-order chi connectivity index (χ0) is 18.1. The molecule has 0 spiro atoms. The Morgan fingerprint density at radius 2 is 2.04 bits per heavy atom. The fourth-order valence-corrected chi connectivity index (χ4v) is 4.86. The molecule has 1 fully saturated rings. The highest BCUT2D eigenvalue weighted by atomic mass is 35.5. The van der Waals surface area contributed by atoms with Crippen molar-refractivity contribution in [2.24, 2.45) is 0 Å². The number of halogens is 2. The van der Waals surface area contributed by atoms with Crippen LogP contribution < -0.4 is 10.2 Å². The molecule has 0 unspecified atom stereocenters. The topological polar surface area (TPSA) is 35.6 Å². The number of piperidine rings is 1. The molecular formula is C19H21ClFN3OS. The van der Waals surface area contributed by atoms with Gasteiger partial charge in [0.05, 0.1) is 4.34 Å². The van der Waals surface area contributed by atoms with Gasteiger partial charge in [-0.05, 0) is 55.2 Å². The second-order valence-corrected chi connectivity index (χ2v) is 8.68. The number of thiophene rings is 1. The Balaban J connectivity index is 1.29. The predicted octanol–water partition coefficient (Wildman–Crippen LogP) is 4.28. The molecule has 4 nitrogen and oxygen atoms in total. The molecular weight excluding hydrogens is 373 g/mol. The number of urea groups is 1. The summed E-state index contributed by atoms with van der Waals surface area (Å²) in [6, 6.07) is 8.78. The largest absolute Gasteiger partial charge is 0.335 e. The molecule has 3 heterocycles. The van der Waals surface area contributed by atoms with E-state index in [1.807, 2.05) is 6.07 Å². The maximum absolute atomic E-state index is 13.3. The van der Waals surface area contributed by atoms with Crippen molar-refractivity contribution in [1.29, 1.82) is 0 Å². The number of carbonyl (C=O) groups excluding carboxylic acids is 1. The van der Waals surface area contributed by atoms with Gasteiger partial charge in [0.15, 0.2) is 0 Å². The quantitative estimate of drug-likeness (QED) is 0.844. The van der Waals surface area contributed by atoms with Gasteiger partial charge in [0.25, 0.3) is 0 Å². The van der Waals surface area contributed by atoms with E-state index in [0.29, 0.717) is 13.0 Å². The van der Waals surface area contributed by atoms with Crippen LogP contribution in [0, 0.1) is 5.82 Å². The third-order valence-electron chi connectivity index (χ3n) is 5.11. The van der Waals surface area contributed by atoms with Crippen LogP contribution in [-0.2, 0) is 13.0 Å². The fraction of sp³-hybridized carbons (Fsp3) is 0.421. The van der Waals surface area contributed by atoms with E-state index in [1.54, 1.807) is 22.3 Å². The fourth-order valence-electron chi connectivity index (χ4n) is 3.73. The maximum atomic E-state index is 13.3. The van der Waals surface area contributed by atoms with Crippen molar-refractivity contribution in [1.82, 2.24) is 10.2 Å². The Kier molecular flexibility index (Phi) is 5.16. The van der Waals surface area contributed by atoms with E-state index < -0.39 is 0 Å². The molecule has 138 valence electrons.